The van der Waals surface area contributed by atoms with Gasteiger partial charge in [-0.25, -0.2) is 0 Å². The van der Waals surface area contributed by atoms with Crippen LogP contribution in [0.15, 0.2) is 89.8 Å². The second-order valence-corrected chi connectivity index (χ2v) is 10.2. The van der Waals surface area contributed by atoms with Crippen molar-refractivity contribution in [1.82, 2.24) is 0 Å². The lowest BCUT2D eigenvalue weighted by molar-refractivity contribution is 0.128. The minimum absolute atomic E-state index is 0.00227. The summed E-state index contributed by atoms with van der Waals surface area (Å²) in [6.07, 6.45) is -0.934. The van der Waals surface area contributed by atoms with Gasteiger partial charge >= 0.3 is 0 Å². The molecule has 3 aromatic carbocycles. The van der Waals surface area contributed by atoms with Gasteiger partial charge in [-0.15, -0.1) is 0 Å². The zero-order valence-electron chi connectivity index (χ0n) is 18.5. The van der Waals surface area contributed by atoms with E-state index >= 15 is 0 Å². The lowest BCUT2D eigenvalue weighted by Crippen LogP contribution is -2.46. The van der Waals surface area contributed by atoms with Gasteiger partial charge in [0.25, 0.3) is 10.1 Å². The standard InChI is InChI=1S/C27H24N2O3S/c1-20-13-15-23(16-14-20)33(30,31)32-25-17-24(21-9-5-3-6-10-21)26(2,27(25,18-28)19-29)22-11-7-4-8-12-22/h3-16,24-25H,17H2,1-2H3/t24-,25+,26-/m0/s1. The fraction of sp³-hybridized carbons (Fsp3) is 0.259. The van der Waals surface area contributed by atoms with Crippen LogP contribution in [0.25, 0.3) is 0 Å². The molecule has 0 aliphatic heterocycles. The first kappa shape index (κ1) is 22.7. The smallest absolute Gasteiger partial charge is 0.260 e. The highest BCUT2D eigenvalue weighted by Crippen LogP contribution is 2.62. The Bertz CT molecular complexity index is 1310. The molecular weight excluding hydrogens is 432 g/mol. The predicted molar refractivity (Wildman–Crippen MR) is 124 cm³/mol. The summed E-state index contributed by atoms with van der Waals surface area (Å²) in [6, 6.07) is 29.7. The Kier molecular flexibility index (Phi) is 5.84. The number of nitrogens with zero attached hydrogens (tertiary/aromatic N) is 2. The van der Waals surface area contributed by atoms with E-state index in [9.17, 15) is 18.9 Å². The van der Waals surface area contributed by atoms with Gasteiger partial charge in [0.2, 0.25) is 0 Å². The Hall–Kier alpha value is -3.45. The van der Waals surface area contributed by atoms with Gasteiger partial charge in [-0.3, -0.25) is 4.18 Å². The third kappa shape index (κ3) is 3.62. The molecule has 0 unspecified atom stereocenters. The summed E-state index contributed by atoms with van der Waals surface area (Å²) in [5.74, 6) is -0.307. The first-order valence-electron chi connectivity index (χ1n) is 10.7. The molecule has 5 nitrogen and oxygen atoms in total. The third-order valence-corrected chi connectivity index (χ3v) is 8.26. The predicted octanol–water partition coefficient (Wildman–Crippen LogP) is 5.25. The van der Waals surface area contributed by atoms with Crippen LogP contribution in [0.5, 0.6) is 0 Å². The SMILES string of the molecule is Cc1ccc(S(=O)(=O)O[C@@H]2C[C@@H](c3ccccc3)[C@](C)(c3ccccc3)C2(C#N)C#N)cc1. The topological polar surface area (TPSA) is 90.9 Å². The van der Waals surface area contributed by atoms with Crippen LogP contribution in [0.3, 0.4) is 0 Å². The molecule has 6 heteroatoms. The van der Waals surface area contributed by atoms with Crippen molar-refractivity contribution in [3.63, 3.8) is 0 Å². The molecule has 33 heavy (non-hydrogen) atoms. The van der Waals surface area contributed by atoms with Gasteiger partial charge in [-0.2, -0.15) is 18.9 Å². The van der Waals surface area contributed by atoms with Crippen molar-refractivity contribution in [1.29, 1.82) is 10.5 Å². The monoisotopic (exact) mass is 456 g/mol. The summed E-state index contributed by atoms with van der Waals surface area (Å²) in [5, 5.41) is 20.8. The normalized spacial score (nSPS) is 24.0. The molecule has 3 atom stereocenters. The molecule has 1 fully saturated rings. The van der Waals surface area contributed by atoms with E-state index in [1.165, 1.54) is 12.1 Å². The van der Waals surface area contributed by atoms with Crippen LogP contribution in [0.2, 0.25) is 0 Å². The minimum Gasteiger partial charge on any atom is -0.260 e. The Morgan fingerprint density at radius 1 is 0.879 bits per heavy atom. The van der Waals surface area contributed by atoms with E-state index in [0.29, 0.717) is 0 Å². The van der Waals surface area contributed by atoms with Crippen molar-refractivity contribution < 1.29 is 12.6 Å². The molecule has 0 heterocycles. The first-order chi connectivity index (χ1) is 15.8. The van der Waals surface area contributed by atoms with Gasteiger partial charge in [0.1, 0.15) is 6.10 Å². The van der Waals surface area contributed by atoms with Crippen molar-refractivity contribution >= 4 is 10.1 Å². The van der Waals surface area contributed by atoms with Crippen molar-refractivity contribution in [2.24, 2.45) is 5.41 Å². The number of nitriles is 2. The van der Waals surface area contributed by atoms with E-state index in [-0.39, 0.29) is 17.2 Å². The molecule has 0 amide bonds. The fourth-order valence-electron chi connectivity index (χ4n) is 5.03. The molecule has 0 N–H and O–H groups in total. The van der Waals surface area contributed by atoms with Gasteiger partial charge in [-0.05, 0) is 42.5 Å². The molecule has 0 bridgehead atoms. The van der Waals surface area contributed by atoms with Crippen molar-refractivity contribution in [2.45, 2.75) is 42.6 Å². The molecular formula is C27H24N2O3S. The highest BCUT2D eigenvalue weighted by atomic mass is 32.2. The minimum atomic E-state index is -4.19. The third-order valence-electron chi connectivity index (χ3n) is 6.93. The van der Waals surface area contributed by atoms with Crippen LogP contribution in [0.4, 0.5) is 0 Å². The van der Waals surface area contributed by atoms with E-state index in [1.54, 1.807) is 12.1 Å². The van der Waals surface area contributed by atoms with E-state index in [1.807, 2.05) is 74.5 Å². The average Bonchev–Trinajstić information content (AvgIpc) is 3.08. The number of benzene rings is 3. The van der Waals surface area contributed by atoms with Gasteiger partial charge in [0.05, 0.1) is 17.0 Å². The van der Waals surface area contributed by atoms with Crippen LogP contribution < -0.4 is 0 Å². The lowest BCUT2D eigenvalue weighted by Gasteiger charge is -2.40. The molecule has 3 aromatic rings. The maximum atomic E-state index is 13.2. The molecule has 4 rings (SSSR count). The van der Waals surface area contributed by atoms with Crippen LogP contribution in [-0.2, 0) is 19.7 Å². The number of hydrogen-bond acceptors (Lipinski definition) is 5. The molecule has 1 saturated carbocycles. The summed E-state index contributed by atoms with van der Waals surface area (Å²) in [6.45, 7) is 3.73. The molecule has 0 radical (unpaired) electrons. The highest BCUT2D eigenvalue weighted by molar-refractivity contribution is 7.86. The summed E-state index contributed by atoms with van der Waals surface area (Å²) in [4.78, 5) is 0.00227. The zero-order chi connectivity index (χ0) is 23.7. The van der Waals surface area contributed by atoms with E-state index < -0.39 is 27.1 Å². The highest BCUT2D eigenvalue weighted by Gasteiger charge is 2.66. The Morgan fingerprint density at radius 3 is 1.97 bits per heavy atom. The van der Waals surface area contributed by atoms with Crippen molar-refractivity contribution in [3.05, 3.63) is 102 Å². The maximum absolute atomic E-state index is 13.2. The lowest BCUT2D eigenvalue weighted by atomic mass is 9.59. The molecule has 0 aromatic heterocycles. The summed E-state index contributed by atoms with van der Waals surface area (Å²) >= 11 is 0. The second kappa shape index (κ2) is 8.48. The number of hydrogen-bond donors (Lipinski definition) is 0. The summed E-state index contributed by atoms with van der Waals surface area (Å²) < 4.78 is 32.1. The number of rotatable bonds is 5. The zero-order valence-corrected chi connectivity index (χ0v) is 19.3. The molecule has 0 saturated heterocycles. The van der Waals surface area contributed by atoms with Gasteiger partial charge < -0.3 is 0 Å². The Balaban J connectivity index is 1.88. The summed E-state index contributed by atoms with van der Waals surface area (Å²) in [7, 11) is -4.19. The van der Waals surface area contributed by atoms with Gasteiger partial charge in [-0.1, -0.05) is 85.3 Å². The first-order valence-corrected chi connectivity index (χ1v) is 12.1. The second-order valence-electron chi connectivity index (χ2n) is 8.65. The van der Waals surface area contributed by atoms with Gasteiger partial charge in [0.15, 0.2) is 5.41 Å². The van der Waals surface area contributed by atoms with Crippen LogP contribution in [0, 0.1) is 35.0 Å². The van der Waals surface area contributed by atoms with E-state index in [0.717, 1.165) is 16.7 Å². The quantitative estimate of drug-likeness (QED) is 0.489. The van der Waals surface area contributed by atoms with E-state index in [4.69, 9.17) is 4.18 Å². The Morgan fingerprint density at radius 2 is 1.42 bits per heavy atom. The molecule has 166 valence electrons. The van der Waals surface area contributed by atoms with Crippen molar-refractivity contribution in [2.75, 3.05) is 0 Å². The number of aryl methyl sites for hydroxylation is 1. The largest absolute Gasteiger partial charge is 0.297 e. The Labute approximate surface area is 195 Å². The van der Waals surface area contributed by atoms with Gasteiger partial charge in [0, 0.05) is 5.41 Å². The fourth-order valence-corrected chi connectivity index (χ4v) is 6.14. The molecule has 0 spiro atoms. The summed E-state index contributed by atoms with van der Waals surface area (Å²) in [5.41, 5.74) is -0.100. The molecule has 1 aliphatic carbocycles. The maximum Gasteiger partial charge on any atom is 0.297 e. The van der Waals surface area contributed by atoms with Crippen molar-refractivity contribution in [3.8, 4) is 12.1 Å². The van der Waals surface area contributed by atoms with Crippen LogP contribution in [0.1, 0.15) is 36.0 Å². The molecule has 1 aliphatic rings. The average molecular weight is 457 g/mol. The van der Waals surface area contributed by atoms with E-state index in [2.05, 4.69) is 12.1 Å². The van der Waals surface area contributed by atoms with Crippen LogP contribution >= 0.6 is 0 Å². The van der Waals surface area contributed by atoms with Crippen LogP contribution in [-0.4, -0.2) is 14.5 Å².